The fraction of sp³-hybridized carbons (Fsp3) is 0.150. The lowest BCUT2D eigenvalue weighted by Gasteiger charge is -2.14. The minimum atomic E-state index is -0.143. The number of amides is 1. The third-order valence-corrected chi connectivity index (χ3v) is 4.54. The second-order valence-electron chi connectivity index (χ2n) is 6.18. The lowest BCUT2D eigenvalue weighted by molar-refractivity contribution is 0.102. The number of para-hydroxylation sites is 1. The molecule has 0 atom stereocenters. The Labute approximate surface area is 156 Å². The van der Waals surface area contributed by atoms with E-state index in [1.165, 1.54) is 6.33 Å². The van der Waals surface area contributed by atoms with Crippen LogP contribution in [0.25, 0.3) is 16.6 Å². The van der Waals surface area contributed by atoms with E-state index < -0.39 is 0 Å². The molecule has 1 N–H and O–H groups in total. The van der Waals surface area contributed by atoms with Crippen LogP contribution in [0.4, 0.5) is 5.69 Å². The molecule has 0 aliphatic rings. The number of carbonyl (C=O) groups excluding carboxylic acids is 1. The van der Waals surface area contributed by atoms with Crippen LogP contribution in [-0.2, 0) is 6.42 Å². The molecular formula is C20H18N6O. The molecule has 7 nitrogen and oxygen atoms in total. The summed E-state index contributed by atoms with van der Waals surface area (Å²) in [6.45, 7) is 4.00. The number of fused-ring (bicyclic) bond motifs is 1. The maximum absolute atomic E-state index is 13.1. The maximum atomic E-state index is 13.1. The van der Waals surface area contributed by atoms with Crippen LogP contribution in [0.2, 0.25) is 0 Å². The summed E-state index contributed by atoms with van der Waals surface area (Å²) in [6.07, 6.45) is 2.30. The molecule has 2 aromatic heterocycles. The molecule has 0 spiro atoms. The Bertz CT molecular complexity index is 1100. The first kappa shape index (κ1) is 16.8. The lowest BCUT2D eigenvalue weighted by Crippen LogP contribution is -2.16. The minimum Gasteiger partial charge on any atom is -0.322 e. The van der Waals surface area contributed by atoms with Gasteiger partial charge in [0.2, 0.25) is 0 Å². The summed E-state index contributed by atoms with van der Waals surface area (Å²) >= 11 is 0. The zero-order valence-electron chi connectivity index (χ0n) is 15.0. The van der Waals surface area contributed by atoms with Crippen molar-refractivity contribution in [2.45, 2.75) is 20.3 Å². The first-order valence-corrected chi connectivity index (χ1v) is 8.70. The number of pyridine rings is 1. The van der Waals surface area contributed by atoms with E-state index in [9.17, 15) is 4.79 Å². The summed E-state index contributed by atoms with van der Waals surface area (Å²) < 4.78 is 1.56. The molecule has 0 unspecified atom stereocenters. The standard InChI is InChI=1S/C20H18N6O/c1-3-17-13(2)19(16-6-4-5-7-18(16)23-17)20(27)22-14-8-10-15(11-9-14)26-12-21-24-25-26/h4-12H,3H2,1-2H3,(H,22,27). The molecule has 2 aromatic carbocycles. The summed E-state index contributed by atoms with van der Waals surface area (Å²) in [5, 5.41) is 14.9. The van der Waals surface area contributed by atoms with Crippen molar-refractivity contribution in [3.05, 3.63) is 71.7 Å². The van der Waals surface area contributed by atoms with Gasteiger partial charge in [-0.1, -0.05) is 25.1 Å². The number of tetrazole rings is 1. The van der Waals surface area contributed by atoms with Crippen molar-refractivity contribution >= 4 is 22.5 Å². The highest BCUT2D eigenvalue weighted by molar-refractivity contribution is 6.13. The minimum absolute atomic E-state index is 0.143. The highest BCUT2D eigenvalue weighted by atomic mass is 16.1. The van der Waals surface area contributed by atoms with Gasteiger partial charge in [0, 0.05) is 16.8 Å². The largest absolute Gasteiger partial charge is 0.322 e. The molecule has 0 saturated heterocycles. The third kappa shape index (κ3) is 3.15. The number of aromatic nitrogens is 5. The van der Waals surface area contributed by atoms with Crippen LogP contribution in [0.15, 0.2) is 54.9 Å². The molecule has 4 aromatic rings. The second kappa shape index (κ2) is 6.95. The Morgan fingerprint density at radius 2 is 1.89 bits per heavy atom. The molecule has 0 bridgehead atoms. The molecule has 0 aliphatic carbocycles. The van der Waals surface area contributed by atoms with Crippen molar-refractivity contribution in [2.75, 3.05) is 5.32 Å². The Morgan fingerprint density at radius 3 is 2.59 bits per heavy atom. The molecule has 0 aliphatic heterocycles. The van der Waals surface area contributed by atoms with Gasteiger partial charge in [-0.05, 0) is 59.7 Å². The molecule has 134 valence electrons. The van der Waals surface area contributed by atoms with Crippen LogP contribution in [0.3, 0.4) is 0 Å². The van der Waals surface area contributed by atoms with E-state index in [-0.39, 0.29) is 5.91 Å². The van der Waals surface area contributed by atoms with Crippen molar-refractivity contribution in [3.8, 4) is 5.69 Å². The van der Waals surface area contributed by atoms with Gasteiger partial charge in [0.05, 0.1) is 16.8 Å². The van der Waals surface area contributed by atoms with Gasteiger partial charge in [-0.3, -0.25) is 9.78 Å². The van der Waals surface area contributed by atoms with Crippen molar-refractivity contribution in [1.29, 1.82) is 0 Å². The first-order chi connectivity index (χ1) is 13.2. The molecule has 2 heterocycles. The van der Waals surface area contributed by atoms with Gasteiger partial charge in [-0.2, -0.15) is 0 Å². The number of hydrogen-bond acceptors (Lipinski definition) is 5. The van der Waals surface area contributed by atoms with E-state index in [1.54, 1.807) is 4.68 Å². The monoisotopic (exact) mass is 358 g/mol. The summed E-state index contributed by atoms with van der Waals surface area (Å²) in [4.78, 5) is 17.7. The Balaban J connectivity index is 1.68. The van der Waals surface area contributed by atoms with E-state index in [1.807, 2.05) is 62.4 Å². The molecule has 4 rings (SSSR count). The van der Waals surface area contributed by atoms with Gasteiger partial charge in [0.25, 0.3) is 5.91 Å². The average Bonchev–Trinajstić information content (AvgIpc) is 3.22. The predicted octanol–water partition coefficient (Wildman–Crippen LogP) is 3.33. The normalized spacial score (nSPS) is 10.9. The van der Waals surface area contributed by atoms with Gasteiger partial charge in [-0.25, -0.2) is 4.68 Å². The zero-order chi connectivity index (χ0) is 18.8. The third-order valence-electron chi connectivity index (χ3n) is 4.54. The topological polar surface area (TPSA) is 85.6 Å². The van der Waals surface area contributed by atoms with Gasteiger partial charge in [-0.15, -0.1) is 5.10 Å². The van der Waals surface area contributed by atoms with Crippen LogP contribution < -0.4 is 5.32 Å². The van der Waals surface area contributed by atoms with Crippen molar-refractivity contribution in [1.82, 2.24) is 25.2 Å². The van der Waals surface area contributed by atoms with E-state index >= 15 is 0 Å². The van der Waals surface area contributed by atoms with Crippen molar-refractivity contribution in [2.24, 2.45) is 0 Å². The van der Waals surface area contributed by atoms with Crippen LogP contribution in [0.1, 0.15) is 28.5 Å². The molecule has 0 radical (unpaired) electrons. The summed E-state index contributed by atoms with van der Waals surface area (Å²) in [5.41, 5.74) is 4.87. The second-order valence-corrected chi connectivity index (χ2v) is 6.18. The summed E-state index contributed by atoms with van der Waals surface area (Å²) in [7, 11) is 0. The summed E-state index contributed by atoms with van der Waals surface area (Å²) in [6, 6.07) is 15.1. The Kier molecular flexibility index (Phi) is 4.33. The Morgan fingerprint density at radius 1 is 1.11 bits per heavy atom. The summed E-state index contributed by atoms with van der Waals surface area (Å²) in [5.74, 6) is -0.143. The van der Waals surface area contributed by atoms with Crippen LogP contribution in [-0.4, -0.2) is 31.1 Å². The zero-order valence-corrected chi connectivity index (χ0v) is 15.0. The smallest absolute Gasteiger partial charge is 0.256 e. The number of hydrogen-bond donors (Lipinski definition) is 1. The van der Waals surface area contributed by atoms with E-state index in [0.717, 1.165) is 34.3 Å². The molecule has 1 amide bonds. The lowest BCUT2D eigenvalue weighted by atomic mass is 9.99. The Hall–Kier alpha value is -3.61. The fourth-order valence-electron chi connectivity index (χ4n) is 3.17. The number of carbonyl (C=O) groups is 1. The van der Waals surface area contributed by atoms with Crippen LogP contribution >= 0.6 is 0 Å². The van der Waals surface area contributed by atoms with Crippen LogP contribution in [0.5, 0.6) is 0 Å². The molecular weight excluding hydrogens is 340 g/mol. The highest BCUT2D eigenvalue weighted by Crippen LogP contribution is 2.25. The van der Waals surface area contributed by atoms with Crippen molar-refractivity contribution in [3.63, 3.8) is 0 Å². The number of nitrogens with zero attached hydrogens (tertiary/aromatic N) is 5. The average molecular weight is 358 g/mol. The highest BCUT2D eigenvalue weighted by Gasteiger charge is 2.17. The van der Waals surface area contributed by atoms with Gasteiger partial charge in [0.1, 0.15) is 6.33 Å². The number of anilines is 1. The molecule has 0 fully saturated rings. The SMILES string of the molecule is CCc1nc2ccccc2c(C(=O)Nc2ccc(-n3cnnn3)cc2)c1C. The van der Waals surface area contributed by atoms with Gasteiger partial charge >= 0.3 is 0 Å². The number of aryl methyl sites for hydroxylation is 1. The number of nitrogens with one attached hydrogen (secondary N) is 1. The van der Waals surface area contributed by atoms with Crippen molar-refractivity contribution < 1.29 is 4.79 Å². The predicted molar refractivity (Wildman–Crippen MR) is 103 cm³/mol. The van der Waals surface area contributed by atoms with Gasteiger partial charge in [0.15, 0.2) is 0 Å². The van der Waals surface area contributed by atoms with E-state index in [0.29, 0.717) is 11.3 Å². The van der Waals surface area contributed by atoms with Crippen LogP contribution in [0, 0.1) is 6.92 Å². The van der Waals surface area contributed by atoms with E-state index in [2.05, 4.69) is 25.8 Å². The fourth-order valence-corrected chi connectivity index (χ4v) is 3.17. The molecule has 7 heteroatoms. The number of benzene rings is 2. The number of rotatable bonds is 4. The van der Waals surface area contributed by atoms with Gasteiger partial charge < -0.3 is 5.32 Å². The quantitative estimate of drug-likeness (QED) is 0.605. The molecule has 27 heavy (non-hydrogen) atoms. The first-order valence-electron chi connectivity index (χ1n) is 8.70. The maximum Gasteiger partial charge on any atom is 0.256 e. The van der Waals surface area contributed by atoms with E-state index in [4.69, 9.17) is 0 Å². The molecule has 0 saturated carbocycles.